The first-order chi connectivity index (χ1) is 9.70. The summed E-state index contributed by atoms with van der Waals surface area (Å²) in [6, 6.07) is 0. The van der Waals surface area contributed by atoms with Crippen molar-refractivity contribution >= 4 is 22.5 Å². The summed E-state index contributed by atoms with van der Waals surface area (Å²) in [5.74, 6) is 2.18. The quantitative estimate of drug-likeness (QED) is 0.760. The number of fused-ring (bicyclic) bond motifs is 1. The Morgan fingerprint density at radius 2 is 2.20 bits per heavy atom. The normalized spacial score (nSPS) is 14.9. The second-order valence-electron chi connectivity index (χ2n) is 5.26. The number of aromatic amines is 1. The summed E-state index contributed by atoms with van der Waals surface area (Å²) < 4.78 is 1.78. The lowest BCUT2D eigenvalue weighted by Crippen LogP contribution is -2.00. The predicted molar refractivity (Wildman–Crippen MR) is 74.9 cm³/mol. The summed E-state index contributed by atoms with van der Waals surface area (Å²) in [5, 5.41) is 14.7. The molecule has 0 aliphatic heterocycles. The average molecular weight is 269 g/mol. The lowest BCUT2D eigenvalue weighted by atomic mass is 10.3. The molecule has 3 heterocycles. The maximum Gasteiger partial charge on any atom is 0.160 e. The predicted octanol–water partition coefficient (Wildman–Crippen LogP) is 2.02. The third kappa shape index (κ3) is 1.82. The summed E-state index contributed by atoms with van der Waals surface area (Å²) in [6.45, 7) is 1.97. The minimum absolute atomic E-state index is 0.504. The smallest absolute Gasteiger partial charge is 0.160 e. The molecule has 1 fully saturated rings. The van der Waals surface area contributed by atoms with Gasteiger partial charge in [-0.25, -0.2) is 9.97 Å². The van der Waals surface area contributed by atoms with E-state index in [1.165, 1.54) is 12.8 Å². The third-order valence-corrected chi connectivity index (χ3v) is 3.53. The van der Waals surface area contributed by atoms with E-state index in [4.69, 9.17) is 0 Å². The Kier molecular flexibility index (Phi) is 2.29. The number of aryl methyl sites for hydroxylation is 2. The molecule has 4 rings (SSSR count). The zero-order valence-electron chi connectivity index (χ0n) is 11.4. The highest BCUT2D eigenvalue weighted by Gasteiger charge is 2.28. The van der Waals surface area contributed by atoms with Gasteiger partial charge in [0.05, 0.1) is 17.6 Å². The van der Waals surface area contributed by atoms with E-state index in [1.54, 1.807) is 10.9 Å². The van der Waals surface area contributed by atoms with Crippen molar-refractivity contribution in [3.63, 3.8) is 0 Å². The van der Waals surface area contributed by atoms with Gasteiger partial charge in [0.2, 0.25) is 0 Å². The topological polar surface area (TPSA) is 84.3 Å². The van der Waals surface area contributed by atoms with Crippen LogP contribution in [0.25, 0.3) is 11.0 Å². The molecule has 0 radical (unpaired) electrons. The van der Waals surface area contributed by atoms with Crippen LogP contribution in [-0.4, -0.2) is 29.9 Å². The van der Waals surface area contributed by atoms with Gasteiger partial charge in [-0.15, -0.1) is 0 Å². The maximum absolute atomic E-state index is 4.65. The van der Waals surface area contributed by atoms with E-state index in [1.807, 2.05) is 20.2 Å². The molecule has 20 heavy (non-hydrogen) atoms. The van der Waals surface area contributed by atoms with Crippen LogP contribution in [0.15, 0.2) is 12.4 Å². The average Bonchev–Trinajstić information content (AvgIpc) is 3.07. The van der Waals surface area contributed by atoms with Gasteiger partial charge in [-0.3, -0.25) is 9.78 Å². The molecule has 102 valence electrons. The van der Waals surface area contributed by atoms with Crippen LogP contribution in [0.4, 0.5) is 11.5 Å². The van der Waals surface area contributed by atoms with Crippen molar-refractivity contribution in [2.75, 3.05) is 5.32 Å². The van der Waals surface area contributed by atoms with Crippen LogP contribution in [0.5, 0.6) is 0 Å². The van der Waals surface area contributed by atoms with Crippen molar-refractivity contribution in [3.05, 3.63) is 23.9 Å². The highest BCUT2D eigenvalue weighted by molar-refractivity contribution is 5.86. The first-order valence-electron chi connectivity index (χ1n) is 6.69. The largest absolute Gasteiger partial charge is 0.336 e. The number of hydrogen-bond donors (Lipinski definition) is 2. The number of H-pyrrole nitrogens is 1. The Hall–Kier alpha value is -2.44. The first kappa shape index (κ1) is 11.4. The van der Waals surface area contributed by atoms with Gasteiger partial charge in [0.1, 0.15) is 16.9 Å². The fraction of sp³-hybridized carbons (Fsp3) is 0.385. The zero-order valence-corrected chi connectivity index (χ0v) is 11.4. The molecule has 0 aromatic carbocycles. The van der Waals surface area contributed by atoms with Crippen LogP contribution < -0.4 is 5.32 Å². The van der Waals surface area contributed by atoms with E-state index in [0.717, 1.165) is 34.1 Å². The van der Waals surface area contributed by atoms with Crippen LogP contribution in [0.1, 0.15) is 30.3 Å². The van der Waals surface area contributed by atoms with Gasteiger partial charge in [0.25, 0.3) is 0 Å². The van der Waals surface area contributed by atoms with Gasteiger partial charge >= 0.3 is 0 Å². The molecular weight excluding hydrogens is 254 g/mol. The monoisotopic (exact) mass is 269 g/mol. The van der Waals surface area contributed by atoms with Crippen LogP contribution >= 0.6 is 0 Å². The van der Waals surface area contributed by atoms with Gasteiger partial charge in [0, 0.05) is 19.2 Å². The second kappa shape index (κ2) is 4.03. The van der Waals surface area contributed by atoms with E-state index in [-0.39, 0.29) is 0 Å². The number of anilines is 2. The number of rotatable bonds is 3. The highest BCUT2D eigenvalue weighted by Crippen LogP contribution is 2.39. The molecule has 1 saturated carbocycles. The minimum Gasteiger partial charge on any atom is -0.336 e. The number of aromatic nitrogens is 6. The Labute approximate surface area is 115 Å². The Balaban J connectivity index is 1.81. The van der Waals surface area contributed by atoms with Gasteiger partial charge in [-0.2, -0.15) is 10.2 Å². The Morgan fingerprint density at radius 3 is 2.90 bits per heavy atom. The number of hydrogen-bond acceptors (Lipinski definition) is 5. The molecule has 0 amide bonds. The molecule has 1 aliphatic rings. The van der Waals surface area contributed by atoms with Gasteiger partial charge in [-0.1, -0.05) is 0 Å². The van der Waals surface area contributed by atoms with E-state index in [2.05, 4.69) is 30.6 Å². The van der Waals surface area contributed by atoms with Crippen LogP contribution in [0, 0.1) is 6.92 Å². The highest BCUT2D eigenvalue weighted by atomic mass is 15.3. The molecule has 1 aliphatic carbocycles. The van der Waals surface area contributed by atoms with E-state index < -0.39 is 0 Å². The third-order valence-electron chi connectivity index (χ3n) is 3.53. The number of nitrogens with zero attached hydrogens (tertiary/aromatic N) is 5. The Bertz CT molecular complexity index is 781. The van der Waals surface area contributed by atoms with E-state index >= 15 is 0 Å². The lowest BCUT2D eigenvalue weighted by Gasteiger charge is -2.07. The van der Waals surface area contributed by atoms with E-state index in [9.17, 15) is 0 Å². The molecule has 0 atom stereocenters. The van der Waals surface area contributed by atoms with Crippen molar-refractivity contribution in [1.29, 1.82) is 0 Å². The summed E-state index contributed by atoms with van der Waals surface area (Å²) in [6.07, 6.45) is 6.03. The van der Waals surface area contributed by atoms with Crippen LogP contribution in [0.2, 0.25) is 0 Å². The summed E-state index contributed by atoms with van der Waals surface area (Å²) in [7, 11) is 1.90. The van der Waals surface area contributed by atoms with Crippen LogP contribution in [-0.2, 0) is 7.05 Å². The molecule has 3 aromatic rings. The van der Waals surface area contributed by atoms with Crippen molar-refractivity contribution in [2.24, 2.45) is 7.05 Å². The minimum atomic E-state index is 0.504. The number of nitrogens with one attached hydrogen (secondary N) is 2. The summed E-state index contributed by atoms with van der Waals surface area (Å²) in [4.78, 5) is 9.21. The molecule has 0 saturated heterocycles. The van der Waals surface area contributed by atoms with Gasteiger partial charge in [0.15, 0.2) is 5.82 Å². The second-order valence-corrected chi connectivity index (χ2v) is 5.26. The molecule has 3 aromatic heterocycles. The molecule has 0 unspecified atom stereocenters. The molecular formula is C13H15N7. The SMILES string of the molecule is Cc1nn(C)cc1Nc1nc(C2CC2)nc2cn[nH]c12. The molecule has 2 N–H and O–H groups in total. The summed E-state index contributed by atoms with van der Waals surface area (Å²) in [5.41, 5.74) is 3.57. The molecule has 7 heteroatoms. The zero-order chi connectivity index (χ0) is 13.7. The fourth-order valence-corrected chi connectivity index (χ4v) is 2.32. The molecule has 0 spiro atoms. The standard InChI is InChI=1S/C13H15N7/c1-7-10(6-20(2)19-7)16-13-11-9(5-14-18-11)15-12(17-13)8-3-4-8/h5-6,8H,3-4H2,1-2H3,(H,14,18)(H,15,16,17). The van der Waals surface area contributed by atoms with Gasteiger partial charge in [-0.05, 0) is 19.8 Å². The fourth-order valence-electron chi connectivity index (χ4n) is 2.32. The van der Waals surface area contributed by atoms with E-state index in [0.29, 0.717) is 5.92 Å². The molecule has 0 bridgehead atoms. The maximum atomic E-state index is 4.65. The van der Waals surface area contributed by atoms with Crippen molar-refractivity contribution in [2.45, 2.75) is 25.7 Å². The lowest BCUT2D eigenvalue weighted by molar-refractivity contribution is 0.756. The Morgan fingerprint density at radius 1 is 1.35 bits per heavy atom. The van der Waals surface area contributed by atoms with Gasteiger partial charge < -0.3 is 5.32 Å². The first-order valence-corrected chi connectivity index (χ1v) is 6.69. The van der Waals surface area contributed by atoms with Crippen molar-refractivity contribution in [3.8, 4) is 0 Å². The van der Waals surface area contributed by atoms with Crippen LogP contribution in [0.3, 0.4) is 0 Å². The summed E-state index contributed by atoms with van der Waals surface area (Å²) >= 11 is 0. The molecule has 7 nitrogen and oxygen atoms in total. The van der Waals surface area contributed by atoms with Crippen molar-refractivity contribution in [1.82, 2.24) is 29.9 Å². The van der Waals surface area contributed by atoms with Crippen molar-refractivity contribution < 1.29 is 0 Å².